The van der Waals surface area contributed by atoms with Gasteiger partial charge in [-0.05, 0) is 62.3 Å². The zero-order valence-electron chi connectivity index (χ0n) is 16.8. The summed E-state index contributed by atoms with van der Waals surface area (Å²) in [6, 6.07) is 12.0. The van der Waals surface area contributed by atoms with Crippen LogP contribution < -0.4 is 4.74 Å². The number of nitrogens with zero attached hydrogens (tertiary/aromatic N) is 2. The minimum absolute atomic E-state index is 0.116. The normalized spacial score (nSPS) is 15.2. The molecule has 3 aromatic rings. The molecule has 29 heavy (non-hydrogen) atoms. The maximum atomic E-state index is 13.0. The third kappa shape index (κ3) is 3.84. The number of aromatic nitrogens is 1. The van der Waals surface area contributed by atoms with Gasteiger partial charge in [-0.3, -0.25) is 4.90 Å². The molecule has 0 amide bonds. The van der Waals surface area contributed by atoms with Crippen LogP contribution in [0.25, 0.3) is 10.9 Å². The molecule has 1 aliphatic heterocycles. The fourth-order valence-corrected chi connectivity index (χ4v) is 5.47. The Hall–Kier alpha value is -2.51. The topological polar surface area (TPSA) is 71.8 Å². The summed E-state index contributed by atoms with van der Waals surface area (Å²) in [5.74, 6) is 0.660. The summed E-state index contributed by atoms with van der Waals surface area (Å²) >= 11 is 0. The molecule has 0 spiro atoms. The number of benzene rings is 2. The Bertz CT molecular complexity index is 1150. The smallest absolute Gasteiger partial charge is 0.184 e. The summed E-state index contributed by atoms with van der Waals surface area (Å²) in [5, 5.41) is 11.4. The van der Waals surface area contributed by atoms with Crippen LogP contribution in [0.3, 0.4) is 0 Å². The molecule has 0 radical (unpaired) electrons. The second-order valence-corrected chi connectivity index (χ2v) is 9.60. The van der Waals surface area contributed by atoms with E-state index in [1.807, 2.05) is 23.7 Å². The van der Waals surface area contributed by atoms with Gasteiger partial charge in [0.1, 0.15) is 11.5 Å². The van der Waals surface area contributed by atoms with Crippen molar-refractivity contribution in [2.45, 2.75) is 30.0 Å². The number of likely N-dealkylation sites (tertiary alicyclic amines) is 1. The Labute approximate surface area is 171 Å². The minimum atomic E-state index is -3.54. The Balaban J connectivity index is 1.71. The first kappa shape index (κ1) is 19.8. The number of fused-ring (bicyclic) bond motifs is 1. The number of aryl methyl sites for hydroxylation is 1. The van der Waals surface area contributed by atoms with E-state index in [4.69, 9.17) is 4.74 Å². The van der Waals surface area contributed by atoms with Crippen molar-refractivity contribution >= 4 is 20.7 Å². The maximum Gasteiger partial charge on any atom is 0.184 e. The molecule has 0 saturated carbocycles. The quantitative estimate of drug-likeness (QED) is 0.669. The Morgan fingerprint density at radius 2 is 1.86 bits per heavy atom. The molecule has 1 N–H and O–H groups in total. The average Bonchev–Trinajstić information content (AvgIpc) is 3.32. The lowest BCUT2D eigenvalue weighted by molar-refractivity contribution is 0.325. The van der Waals surface area contributed by atoms with E-state index in [-0.39, 0.29) is 16.4 Å². The van der Waals surface area contributed by atoms with E-state index in [1.54, 1.807) is 30.3 Å². The second-order valence-electron chi connectivity index (χ2n) is 7.61. The third-order valence-electron chi connectivity index (χ3n) is 5.73. The second kappa shape index (κ2) is 7.72. The van der Waals surface area contributed by atoms with Crippen LogP contribution in [-0.4, -0.2) is 43.2 Å². The van der Waals surface area contributed by atoms with Gasteiger partial charge >= 0.3 is 0 Å². The van der Waals surface area contributed by atoms with Gasteiger partial charge in [-0.2, -0.15) is 0 Å². The van der Waals surface area contributed by atoms with Crippen molar-refractivity contribution in [1.29, 1.82) is 0 Å². The number of rotatable bonds is 6. The van der Waals surface area contributed by atoms with E-state index >= 15 is 0 Å². The van der Waals surface area contributed by atoms with Crippen LogP contribution >= 0.6 is 0 Å². The first-order valence-electron chi connectivity index (χ1n) is 9.77. The molecule has 1 saturated heterocycles. The Morgan fingerprint density at radius 1 is 1.10 bits per heavy atom. The highest BCUT2D eigenvalue weighted by Gasteiger charge is 2.22. The van der Waals surface area contributed by atoms with Gasteiger partial charge in [0, 0.05) is 35.8 Å². The molecule has 2 aromatic carbocycles. The van der Waals surface area contributed by atoms with Gasteiger partial charge in [-0.25, -0.2) is 8.42 Å². The van der Waals surface area contributed by atoms with Crippen LogP contribution in [0, 0.1) is 0 Å². The predicted octanol–water partition coefficient (Wildman–Crippen LogP) is 3.46. The van der Waals surface area contributed by atoms with Crippen LogP contribution in [0.5, 0.6) is 11.5 Å². The molecule has 154 valence electrons. The van der Waals surface area contributed by atoms with Gasteiger partial charge < -0.3 is 14.4 Å². The van der Waals surface area contributed by atoms with Crippen molar-refractivity contribution in [3.05, 3.63) is 53.7 Å². The Morgan fingerprint density at radius 3 is 2.59 bits per heavy atom. The molecule has 0 bridgehead atoms. The van der Waals surface area contributed by atoms with Crippen LogP contribution in [0.4, 0.5) is 0 Å². The number of hydrogen-bond acceptors (Lipinski definition) is 5. The van der Waals surface area contributed by atoms with Crippen LogP contribution in [-0.2, 0) is 29.2 Å². The van der Waals surface area contributed by atoms with Crippen molar-refractivity contribution in [1.82, 2.24) is 9.47 Å². The summed E-state index contributed by atoms with van der Waals surface area (Å²) in [6.45, 7) is 2.73. The van der Waals surface area contributed by atoms with Crippen LogP contribution in [0.1, 0.15) is 24.1 Å². The lowest BCUT2D eigenvalue weighted by Crippen LogP contribution is -2.18. The fraction of sp³-hybridized carbons (Fsp3) is 0.364. The molecular formula is C22H26N2O4S. The standard InChI is InChI=1S/C22H26N2O4S/c1-23-16(15-29(26,27)18-7-5-6-17(13-18)28-2)12-19-20(14-24-10-3-4-11-24)22(25)9-8-21(19)23/h5-9,12-13,25H,3-4,10-11,14-15H2,1-2H3. The van der Waals surface area contributed by atoms with E-state index in [0.717, 1.165) is 29.6 Å². The molecule has 0 aliphatic carbocycles. The molecular weight excluding hydrogens is 388 g/mol. The maximum absolute atomic E-state index is 13.0. The zero-order chi connectivity index (χ0) is 20.6. The van der Waals surface area contributed by atoms with Crippen molar-refractivity contribution in [2.75, 3.05) is 20.2 Å². The lowest BCUT2D eigenvalue weighted by Gasteiger charge is -2.16. The lowest BCUT2D eigenvalue weighted by atomic mass is 10.1. The van der Waals surface area contributed by atoms with Crippen molar-refractivity contribution in [3.8, 4) is 11.5 Å². The fourth-order valence-electron chi connectivity index (χ4n) is 4.05. The molecule has 1 aromatic heterocycles. The number of aromatic hydroxyl groups is 1. The molecule has 1 aliphatic rings. The Kier molecular flexibility index (Phi) is 5.27. The van der Waals surface area contributed by atoms with Crippen molar-refractivity contribution < 1.29 is 18.3 Å². The van der Waals surface area contributed by atoms with Gasteiger partial charge in [0.05, 0.1) is 17.8 Å². The summed E-state index contributed by atoms with van der Waals surface area (Å²) < 4.78 is 33.1. The minimum Gasteiger partial charge on any atom is -0.508 e. The SMILES string of the molecule is COc1cccc(S(=O)(=O)Cc2cc3c(CN4CCCC4)c(O)ccc3n2C)c1. The number of sulfone groups is 1. The van der Waals surface area contributed by atoms with Crippen LogP contribution in [0.15, 0.2) is 47.4 Å². The summed E-state index contributed by atoms with van der Waals surface area (Å²) in [6.07, 6.45) is 2.35. The van der Waals surface area contributed by atoms with Crippen molar-refractivity contribution in [3.63, 3.8) is 0 Å². The number of ether oxygens (including phenoxy) is 1. The molecule has 6 nitrogen and oxygen atoms in total. The summed E-state index contributed by atoms with van der Waals surface area (Å²) in [5.41, 5.74) is 2.48. The highest BCUT2D eigenvalue weighted by atomic mass is 32.2. The van der Waals surface area contributed by atoms with E-state index in [1.165, 1.54) is 20.0 Å². The molecule has 0 unspecified atom stereocenters. The third-order valence-corrected chi connectivity index (χ3v) is 7.38. The van der Waals surface area contributed by atoms with Gasteiger partial charge in [0.25, 0.3) is 0 Å². The highest BCUT2D eigenvalue weighted by Crippen LogP contribution is 2.32. The van der Waals surface area contributed by atoms with E-state index < -0.39 is 9.84 Å². The van der Waals surface area contributed by atoms with Gasteiger partial charge in [0.2, 0.25) is 0 Å². The summed E-state index contributed by atoms with van der Waals surface area (Å²) in [7, 11) is -0.147. The number of phenolic OH excluding ortho intramolecular Hbond substituents is 1. The predicted molar refractivity (Wildman–Crippen MR) is 113 cm³/mol. The zero-order valence-corrected chi connectivity index (χ0v) is 17.6. The molecule has 0 atom stereocenters. The highest BCUT2D eigenvalue weighted by molar-refractivity contribution is 7.90. The van der Waals surface area contributed by atoms with E-state index in [9.17, 15) is 13.5 Å². The van der Waals surface area contributed by atoms with Crippen LogP contribution in [0.2, 0.25) is 0 Å². The van der Waals surface area contributed by atoms with Gasteiger partial charge in [-0.15, -0.1) is 0 Å². The number of hydrogen-bond donors (Lipinski definition) is 1. The first-order chi connectivity index (χ1) is 13.9. The first-order valence-corrected chi connectivity index (χ1v) is 11.4. The van der Waals surface area contributed by atoms with Gasteiger partial charge in [0.15, 0.2) is 9.84 Å². The molecule has 7 heteroatoms. The molecule has 2 heterocycles. The number of methoxy groups -OCH3 is 1. The van der Waals surface area contributed by atoms with Gasteiger partial charge in [-0.1, -0.05) is 6.07 Å². The largest absolute Gasteiger partial charge is 0.508 e. The summed E-state index contributed by atoms with van der Waals surface area (Å²) in [4.78, 5) is 2.57. The van der Waals surface area contributed by atoms with Crippen molar-refractivity contribution in [2.24, 2.45) is 7.05 Å². The number of phenols is 1. The van der Waals surface area contributed by atoms with E-state index in [0.29, 0.717) is 18.0 Å². The molecule has 4 rings (SSSR count). The molecule has 1 fully saturated rings. The monoisotopic (exact) mass is 414 g/mol. The van der Waals surface area contributed by atoms with E-state index in [2.05, 4.69) is 4.90 Å². The average molecular weight is 415 g/mol.